The molecule has 0 aromatic heterocycles. The molecule has 0 heterocycles. The molecule has 3 nitrogen and oxygen atoms in total. The van der Waals surface area contributed by atoms with Crippen LogP contribution < -0.4 is 10.2 Å². The first-order valence-corrected chi connectivity index (χ1v) is 8.74. The van der Waals surface area contributed by atoms with E-state index in [1.165, 1.54) is 11.3 Å². The molecule has 0 bridgehead atoms. The summed E-state index contributed by atoms with van der Waals surface area (Å²) in [5, 5.41) is 12.3. The maximum atomic E-state index is 8.81. The number of hydrogen-bond donors (Lipinski definition) is 2. The van der Waals surface area contributed by atoms with Gasteiger partial charge in [-0.1, -0.05) is 13.0 Å². The molecule has 1 aromatic carbocycles. The number of nitrogens with one attached hydrogen (secondary N) is 1. The number of hydrogen-bond acceptors (Lipinski definition) is 3. The molecule has 0 radical (unpaired) electrons. The lowest BCUT2D eigenvalue weighted by Crippen LogP contribution is -2.21. The highest BCUT2D eigenvalue weighted by atomic mass is 79.9. The van der Waals surface area contributed by atoms with Crippen molar-refractivity contribution in [1.29, 1.82) is 0 Å². The summed E-state index contributed by atoms with van der Waals surface area (Å²) in [5.41, 5.74) is 2.54. The lowest BCUT2D eigenvalue weighted by molar-refractivity contribution is 0.283. The van der Waals surface area contributed by atoms with Crippen molar-refractivity contribution >= 4 is 21.6 Å². The highest BCUT2D eigenvalue weighted by Gasteiger charge is 2.10. The summed E-state index contributed by atoms with van der Waals surface area (Å²) in [6.07, 6.45) is 4.24. The molecule has 0 saturated carbocycles. The second-order valence-electron chi connectivity index (χ2n) is 5.59. The Hall–Kier alpha value is -0.580. The SMILES string of the molecule is CCCNC(C)c1ccc(N(C)CCCCCO)c(Br)c1. The predicted molar refractivity (Wildman–Crippen MR) is 95.1 cm³/mol. The van der Waals surface area contributed by atoms with Gasteiger partial charge in [0.25, 0.3) is 0 Å². The minimum atomic E-state index is 0.296. The Morgan fingerprint density at radius 1 is 1.29 bits per heavy atom. The van der Waals surface area contributed by atoms with Crippen molar-refractivity contribution in [1.82, 2.24) is 5.32 Å². The number of anilines is 1. The van der Waals surface area contributed by atoms with Crippen LogP contribution in [-0.2, 0) is 0 Å². The zero-order chi connectivity index (χ0) is 15.7. The Labute approximate surface area is 137 Å². The molecule has 2 N–H and O–H groups in total. The minimum Gasteiger partial charge on any atom is -0.396 e. The van der Waals surface area contributed by atoms with Crippen LogP contribution in [0.3, 0.4) is 0 Å². The Morgan fingerprint density at radius 2 is 2.05 bits per heavy atom. The molecular formula is C17H29BrN2O. The van der Waals surface area contributed by atoms with Crippen LogP contribution in [0.5, 0.6) is 0 Å². The number of nitrogens with zero attached hydrogens (tertiary/aromatic N) is 1. The van der Waals surface area contributed by atoms with Crippen LogP contribution in [0.2, 0.25) is 0 Å². The van der Waals surface area contributed by atoms with Crippen LogP contribution in [0.4, 0.5) is 5.69 Å². The van der Waals surface area contributed by atoms with E-state index in [1.54, 1.807) is 0 Å². The van der Waals surface area contributed by atoms with Gasteiger partial charge in [-0.2, -0.15) is 0 Å². The van der Waals surface area contributed by atoms with Gasteiger partial charge in [-0.15, -0.1) is 0 Å². The molecular weight excluding hydrogens is 328 g/mol. The van der Waals surface area contributed by atoms with Gasteiger partial charge in [0, 0.05) is 30.7 Å². The standard InChI is InChI=1S/C17H29BrN2O/c1-4-10-19-14(2)15-8-9-17(16(18)13-15)20(3)11-6-5-7-12-21/h8-9,13-14,19,21H,4-7,10-12H2,1-3H3. The Bertz CT molecular complexity index is 412. The largest absolute Gasteiger partial charge is 0.396 e. The molecule has 1 unspecified atom stereocenters. The molecule has 0 aliphatic rings. The molecule has 0 spiro atoms. The van der Waals surface area contributed by atoms with Crippen molar-refractivity contribution in [3.8, 4) is 0 Å². The maximum Gasteiger partial charge on any atom is 0.0508 e. The summed E-state index contributed by atoms with van der Waals surface area (Å²) in [4.78, 5) is 2.27. The second kappa shape index (κ2) is 10.2. The summed E-state index contributed by atoms with van der Waals surface area (Å²) in [7, 11) is 2.12. The summed E-state index contributed by atoms with van der Waals surface area (Å²) in [5.74, 6) is 0. The van der Waals surface area contributed by atoms with Crippen LogP contribution in [-0.4, -0.2) is 31.9 Å². The van der Waals surface area contributed by atoms with E-state index in [0.29, 0.717) is 12.6 Å². The fraction of sp³-hybridized carbons (Fsp3) is 0.647. The van der Waals surface area contributed by atoms with Crippen molar-refractivity contribution < 1.29 is 5.11 Å². The first kappa shape index (κ1) is 18.5. The van der Waals surface area contributed by atoms with Crippen molar-refractivity contribution in [2.24, 2.45) is 0 Å². The van der Waals surface area contributed by atoms with Crippen LogP contribution >= 0.6 is 15.9 Å². The summed E-state index contributed by atoms with van der Waals surface area (Å²) in [6.45, 7) is 6.75. The molecule has 120 valence electrons. The molecule has 1 rings (SSSR count). The van der Waals surface area contributed by atoms with E-state index in [2.05, 4.69) is 65.2 Å². The minimum absolute atomic E-state index is 0.296. The maximum absolute atomic E-state index is 8.81. The van der Waals surface area contributed by atoms with E-state index in [-0.39, 0.29) is 0 Å². The van der Waals surface area contributed by atoms with Crippen LogP contribution in [0.1, 0.15) is 51.1 Å². The monoisotopic (exact) mass is 356 g/mol. The van der Waals surface area contributed by atoms with Crippen LogP contribution in [0.15, 0.2) is 22.7 Å². The van der Waals surface area contributed by atoms with Gasteiger partial charge in [0.05, 0.1) is 5.69 Å². The fourth-order valence-electron chi connectivity index (χ4n) is 2.34. The average Bonchev–Trinajstić information content (AvgIpc) is 2.48. The number of benzene rings is 1. The number of halogens is 1. The molecule has 4 heteroatoms. The van der Waals surface area contributed by atoms with Gasteiger partial charge in [0.15, 0.2) is 0 Å². The van der Waals surface area contributed by atoms with E-state index in [4.69, 9.17) is 5.11 Å². The normalized spacial score (nSPS) is 12.4. The van der Waals surface area contributed by atoms with Gasteiger partial charge in [0.2, 0.25) is 0 Å². The number of aliphatic hydroxyl groups excluding tert-OH is 1. The summed E-state index contributed by atoms with van der Waals surface area (Å²) in [6, 6.07) is 6.99. The number of aliphatic hydroxyl groups is 1. The second-order valence-corrected chi connectivity index (χ2v) is 6.45. The van der Waals surface area contributed by atoms with Gasteiger partial charge in [-0.05, 0) is 72.8 Å². The third-order valence-electron chi connectivity index (χ3n) is 3.74. The Morgan fingerprint density at radius 3 is 2.67 bits per heavy atom. The van der Waals surface area contributed by atoms with Crippen molar-refractivity contribution in [3.05, 3.63) is 28.2 Å². The van der Waals surface area contributed by atoms with Gasteiger partial charge in [0.1, 0.15) is 0 Å². The number of unbranched alkanes of at least 4 members (excludes halogenated alkanes) is 2. The van der Waals surface area contributed by atoms with Gasteiger partial charge >= 0.3 is 0 Å². The zero-order valence-electron chi connectivity index (χ0n) is 13.5. The quantitative estimate of drug-likeness (QED) is 0.619. The van der Waals surface area contributed by atoms with Gasteiger partial charge < -0.3 is 15.3 Å². The van der Waals surface area contributed by atoms with Crippen molar-refractivity contribution in [2.75, 3.05) is 31.6 Å². The van der Waals surface area contributed by atoms with E-state index < -0.39 is 0 Å². The Kier molecular flexibility index (Phi) is 8.97. The fourth-order valence-corrected chi connectivity index (χ4v) is 3.04. The predicted octanol–water partition coefficient (Wildman–Crippen LogP) is 4.11. The van der Waals surface area contributed by atoms with Crippen molar-refractivity contribution in [2.45, 2.75) is 45.6 Å². The zero-order valence-corrected chi connectivity index (χ0v) is 15.1. The van der Waals surface area contributed by atoms with Gasteiger partial charge in [-0.25, -0.2) is 0 Å². The molecule has 21 heavy (non-hydrogen) atoms. The molecule has 0 aliphatic heterocycles. The third kappa shape index (κ3) is 6.37. The first-order valence-electron chi connectivity index (χ1n) is 7.95. The topological polar surface area (TPSA) is 35.5 Å². The first-order chi connectivity index (χ1) is 10.1. The van der Waals surface area contributed by atoms with Crippen LogP contribution in [0, 0.1) is 0 Å². The van der Waals surface area contributed by atoms with E-state index >= 15 is 0 Å². The molecule has 0 aliphatic carbocycles. The van der Waals surface area contributed by atoms with Gasteiger partial charge in [-0.3, -0.25) is 0 Å². The lowest BCUT2D eigenvalue weighted by Gasteiger charge is -2.22. The summed E-state index contributed by atoms with van der Waals surface area (Å²) < 4.78 is 1.15. The molecule has 0 fully saturated rings. The molecule has 1 atom stereocenters. The molecule has 1 aromatic rings. The highest BCUT2D eigenvalue weighted by Crippen LogP contribution is 2.29. The smallest absolute Gasteiger partial charge is 0.0508 e. The van der Waals surface area contributed by atoms with E-state index in [9.17, 15) is 0 Å². The highest BCUT2D eigenvalue weighted by molar-refractivity contribution is 9.10. The molecule has 0 amide bonds. The average molecular weight is 357 g/mol. The van der Waals surface area contributed by atoms with E-state index in [1.807, 2.05) is 0 Å². The van der Waals surface area contributed by atoms with Crippen LogP contribution in [0.25, 0.3) is 0 Å². The summed E-state index contributed by atoms with van der Waals surface area (Å²) >= 11 is 3.70. The van der Waals surface area contributed by atoms with E-state index in [0.717, 1.165) is 43.2 Å². The lowest BCUT2D eigenvalue weighted by atomic mass is 10.1. The third-order valence-corrected chi connectivity index (χ3v) is 4.37. The Balaban J connectivity index is 2.60. The number of rotatable bonds is 10. The van der Waals surface area contributed by atoms with Crippen molar-refractivity contribution in [3.63, 3.8) is 0 Å². The molecule has 0 saturated heterocycles.